The van der Waals surface area contributed by atoms with Crippen molar-refractivity contribution in [1.82, 2.24) is 15.3 Å². The standard InChI is InChI=1S/C13H17N3O3S/c1-6(2)19-13(18)10-7(3)9-11(17)15-8(5-14-4)16-12(9)20-10/h6,14H,5H2,1-4H3,(H,15,16,17). The highest BCUT2D eigenvalue weighted by molar-refractivity contribution is 7.20. The van der Waals surface area contributed by atoms with Crippen molar-refractivity contribution in [2.75, 3.05) is 7.05 Å². The number of nitrogens with zero attached hydrogens (tertiary/aromatic N) is 1. The minimum absolute atomic E-state index is 0.196. The second kappa shape index (κ2) is 5.72. The van der Waals surface area contributed by atoms with Crippen molar-refractivity contribution in [3.63, 3.8) is 0 Å². The number of ether oxygens (including phenoxy) is 1. The van der Waals surface area contributed by atoms with E-state index in [9.17, 15) is 9.59 Å². The molecule has 108 valence electrons. The summed E-state index contributed by atoms with van der Waals surface area (Å²) in [7, 11) is 1.77. The summed E-state index contributed by atoms with van der Waals surface area (Å²) < 4.78 is 5.18. The fourth-order valence-corrected chi connectivity index (χ4v) is 2.99. The van der Waals surface area contributed by atoms with Crippen molar-refractivity contribution < 1.29 is 9.53 Å². The quantitative estimate of drug-likeness (QED) is 0.837. The van der Waals surface area contributed by atoms with Gasteiger partial charge < -0.3 is 15.0 Å². The molecule has 0 atom stereocenters. The van der Waals surface area contributed by atoms with E-state index >= 15 is 0 Å². The summed E-state index contributed by atoms with van der Waals surface area (Å²) in [6.07, 6.45) is -0.196. The Hall–Kier alpha value is -1.73. The molecule has 0 spiro atoms. The first kappa shape index (κ1) is 14.7. The van der Waals surface area contributed by atoms with Crippen LogP contribution in [0.15, 0.2) is 4.79 Å². The van der Waals surface area contributed by atoms with Crippen LogP contribution in [0.4, 0.5) is 0 Å². The summed E-state index contributed by atoms with van der Waals surface area (Å²) in [6.45, 7) is 5.78. The van der Waals surface area contributed by atoms with E-state index in [-0.39, 0.29) is 11.7 Å². The summed E-state index contributed by atoms with van der Waals surface area (Å²) in [5.41, 5.74) is 0.401. The Morgan fingerprint density at radius 3 is 2.80 bits per heavy atom. The number of hydrogen-bond donors (Lipinski definition) is 2. The Morgan fingerprint density at radius 1 is 1.50 bits per heavy atom. The van der Waals surface area contributed by atoms with Gasteiger partial charge in [0.25, 0.3) is 5.56 Å². The van der Waals surface area contributed by atoms with Gasteiger partial charge in [-0.2, -0.15) is 0 Å². The SMILES string of the molecule is CNCc1nc2sc(C(=O)OC(C)C)c(C)c2c(=O)[nH]1. The van der Waals surface area contributed by atoms with Crippen LogP contribution in [0.5, 0.6) is 0 Å². The zero-order valence-corrected chi connectivity index (χ0v) is 12.7. The number of esters is 1. The third-order valence-electron chi connectivity index (χ3n) is 2.72. The number of thiophene rings is 1. The van der Waals surface area contributed by atoms with Crippen LogP contribution in [0.3, 0.4) is 0 Å². The number of H-pyrrole nitrogens is 1. The molecule has 0 saturated heterocycles. The van der Waals surface area contributed by atoms with Crippen molar-refractivity contribution in [2.24, 2.45) is 0 Å². The van der Waals surface area contributed by atoms with Crippen LogP contribution < -0.4 is 10.9 Å². The van der Waals surface area contributed by atoms with E-state index in [1.54, 1.807) is 27.8 Å². The topological polar surface area (TPSA) is 84.1 Å². The highest BCUT2D eigenvalue weighted by Gasteiger charge is 2.20. The van der Waals surface area contributed by atoms with Crippen LogP contribution in [0.2, 0.25) is 0 Å². The molecule has 2 aromatic rings. The highest BCUT2D eigenvalue weighted by Crippen LogP contribution is 2.27. The average Bonchev–Trinajstić information content (AvgIpc) is 2.66. The summed E-state index contributed by atoms with van der Waals surface area (Å²) in [5, 5.41) is 3.39. The number of hydrogen-bond acceptors (Lipinski definition) is 6. The number of carbonyl (C=O) groups excluding carboxylic acids is 1. The molecule has 0 unspecified atom stereocenters. The van der Waals surface area contributed by atoms with Gasteiger partial charge in [0.15, 0.2) is 0 Å². The molecular weight excluding hydrogens is 278 g/mol. The average molecular weight is 295 g/mol. The maximum absolute atomic E-state index is 12.1. The number of fused-ring (bicyclic) bond motifs is 1. The Balaban J connectivity index is 2.54. The number of nitrogens with one attached hydrogen (secondary N) is 2. The number of aromatic nitrogens is 2. The molecule has 0 saturated carbocycles. The largest absolute Gasteiger partial charge is 0.459 e. The van der Waals surface area contributed by atoms with E-state index in [4.69, 9.17) is 4.74 Å². The van der Waals surface area contributed by atoms with E-state index in [2.05, 4.69) is 15.3 Å². The number of aryl methyl sites for hydroxylation is 1. The number of aromatic amines is 1. The van der Waals surface area contributed by atoms with Crippen LogP contribution in [0, 0.1) is 6.92 Å². The van der Waals surface area contributed by atoms with Gasteiger partial charge in [-0.1, -0.05) is 0 Å². The van der Waals surface area contributed by atoms with Gasteiger partial charge in [-0.05, 0) is 33.4 Å². The van der Waals surface area contributed by atoms with Crippen LogP contribution >= 0.6 is 11.3 Å². The van der Waals surface area contributed by atoms with Gasteiger partial charge in [0.1, 0.15) is 15.5 Å². The second-order valence-corrected chi connectivity index (χ2v) is 5.73. The lowest BCUT2D eigenvalue weighted by Crippen LogP contribution is -2.16. The van der Waals surface area contributed by atoms with Gasteiger partial charge in [0, 0.05) is 0 Å². The lowest BCUT2D eigenvalue weighted by molar-refractivity contribution is 0.0383. The molecule has 0 bridgehead atoms. The first-order valence-electron chi connectivity index (χ1n) is 6.32. The first-order chi connectivity index (χ1) is 9.43. The molecule has 2 aromatic heterocycles. The molecule has 0 fully saturated rings. The minimum atomic E-state index is -0.407. The smallest absolute Gasteiger partial charge is 0.348 e. The number of carbonyl (C=O) groups is 1. The molecule has 6 nitrogen and oxygen atoms in total. The van der Waals surface area contributed by atoms with Crippen LogP contribution in [0.1, 0.15) is 34.9 Å². The molecule has 0 radical (unpaired) electrons. The zero-order valence-electron chi connectivity index (χ0n) is 11.9. The molecular formula is C13H17N3O3S. The first-order valence-corrected chi connectivity index (χ1v) is 7.13. The Kier molecular flexibility index (Phi) is 4.20. The van der Waals surface area contributed by atoms with Crippen molar-refractivity contribution in [1.29, 1.82) is 0 Å². The fourth-order valence-electron chi connectivity index (χ4n) is 1.90. The molecule has 0 amide bonds. The Bertz CT molecular complexity index is 703. The molecule has 20 heavy (non-hydrogen) atoms. The fraction of sp³-hybridized carbons (Fsp3) is 0.462. The maximum atomic E-state index is 12.1. The molecule has 2 rings (SSSR count). The van der Waals surface area contributed by atoms with Gasteiger partial charge >= 0.3 is 5.97 Å². The molecule has 0 aromatic carbocycles. The number of rotatable bonds is 4. The summed E-state index contributed by atoms with van der Waals surface area (Å²) in [5.74, 6) is 0.144. The predicted octanol–water partition coefficient (Wildman–Crippen LogP) is 1.58. The summed E-state index contributed by atoms with van der Waals surface area (Å²) >= 11 is 1.19. The Labute approximate surface area is 120 Å². The van der Waals surface area contributed by atoms with Crippen LogP contribution in [-0.2, 0) is 11.3 Å². The third kappa shape index (κ3) is 2.73. The minimum Gasteiger partial charge on any atom is -0.459 e. The van der Waals surface area contributed by atoms with Gasteiger partial charge in [0.2, 0.25) is 0 Å². The van der Waals surface area contributed by atoms with Gasteiger partial charge in [0.05, 0.1) is 18.0 Å². The third-order valence-corrected chi connectivity index (χ3v) is 3.89. The molecule has 2 heterocycles. The van der Waals surface area contributed by atoms with E-state index < -0.39 is 5.97 Å². The van der Waals surface area contributed by atoms with Crippen molar-refractivity contribution in [3.05, 3.63) is 26.6 Å². The monoisotopic (exact) mass is 295 g/mol. The second-order valence-electron chi connectivity index (χ2n) is 4.73. The normalized spacial score (nSPS) is 11.2. The van der Waals surface area contributed by atoms with Crippen molar-refractivity contribution >= 4 is 27.5 Å². The lowest BCUT2D eigenvalue weighted by Gasteiger charge is -2.06. The van der Waals surface area contributed by atoms with Crippen LogP contribution in [0.25, 0.3) is 10.2 Å². The van der Waals surface area contributed by atoms with E-state index in [1.807, 2.05) is 0 Å². The van der Waals surface area contributed by atoms with Crippen molar-refractivity contribution in [2.45, 2.75) is 33.4 Å². The zero-order chi connectivity index (χ0) is 14.9. The van der Waals surface area contributed by atoms with Gasteiger partial charge in [-0.3, -0.25) is 4.79 Å². The molecule has 0 aliphatic rings. The van der Waals surface area contributed by atoms with Gasteiger partial charge in [-0.15, -0.1) is 11.3 Å². The lowest BCUT2D eigenvalue weighted by atomic mass is 10.2. The predicted molar refractivity (Wildman–Crippen MR) is 78.3 cm³/mol. The highest BCUT2D eigenvalue weighted by atomic mass is 32.1. The van der Waals surface area contributed by atoms with E-state index in [0.717, 1.165) is 0 Å². The van der Waals surface area contributed by atoms with Gasteiger partial charge in [-0.25, -0.2) is 9.78 Å². The molecule has 0 aliphatic heterocycles. The molecule has 2 N–H and O–H groups in total. The maximum Gasteiger partial charge on any atom is 0.348 e. The molecule has 7 heteroatoms. The molecule has 0 aliphatic carbocycles. The van der Waals surface area contributed by atoms with Crippen LogP contribution in [-0.4, -0.2) is 29.1 Å². The van der Waals surface area contributed by atoms with E-state index in [1.165, 1.54) is 11.3 Å². The van der Waals surface area contributed by atoms with Crippen molar-refractivity contribution in [3.8, 4) is 0 Å². The Morgan fingerprint density at radius 2 is 2.20 bits per heavy atom. The summed E-state index contributed by atoms with van der Waals surface area (Å²) in [6, 6.07) is 0. The summed E-state index contributed by atoms with van der Waals surface area (Å²) in [4.78, 5) is 32.2. The van der Waals surface area contributed by atoms with E-state index in [0.29, 0.717) is 33.0 Å².